The third-order valence-electron chi connectivity index (χ3n) is 3.21. The number of halogens is 1. The van der Waals surface area contributed by atoms with Crippen molar-refractivity contribution in [2.24, 2.45) is 0 Å². The fourth-order valence-corrected chi connectivity index (χ4v) is 2.85. The number of hydrogen-bond donors (Lipinski definition) is 3. The zero-order chi connectivity index (χ0) is 15.1. The second kappa shape index (κ2) is 4.89. The summed E-state index contributed by atoms with van der Waals surface area (Å²) in [5.74, 6) is -0.152. The Bertz CT molecular complexity index is 904. The van der Waals surface area contributed by atoms with Crippen LogP contribution in [0.2, 0.25) is 0 Å². The molecule has 0 saturated heterocycles. The highest BCUT2D eigenvalue weighted by molar-refractivity contribution is 9.10. The molecule has 0 spiro atoms. The van der Waals surface area contributed by atoms with Crippen LogP contribution in [0.1, 0.15) is 21.5 Å². The van der Waals surface area contributed by atoms with Crippen LogP contribution in [0.25, 0.3) is 11.0 Å². The van der Waals surface area contributed by atoms with E-state index in [1.165, 1.54) is 0 Å². The number of carbonyl (C=O) groups excluding carboxylic acids is 1. The van der Waals surface area contributed by atoms with Crippen LogP contribution in [0.5, 0.6) is 0 Å². The maximum absolute atomic E-state index is 12.6. The standard InChI is InChI=1S/C15H12BrN3O2/c1-7-2-8(4-9(17)3-7)14(20)10-5-12-13(6-11(10)16)19-15(21)18-12/h2-6H,17H2,1H3,(H2,18,19,21). The van der Waals surface area contributed by atoms with Crippen molar-refractivity contribution >= 4 is 38.4 Å². The van der Waals surface area contributed by atoms with Crippen molar-refractivity contribution in [2.45, 2.75) is 6.92 Å². The van der Waals surface area contributed by atoms with Gasteiger partial charge in [0.15, 0.2) is 5.78 Å². The number of rotatable bonds is 2. The summed E-state index contributed by atoms with van der Waals surface area (Å²) in [6.45, 7) is 1.88. The van der Waals surface area contributed by atoms with Crippen molar-refractivity contribution in [1.82, 2.24) is 9.97 Å². The number of fused-ring (bicyclic) bond motifs is 1. The molecule has 0 aliphatic rings. The molecule has 0 radical (unpaired) electrons. The Balaban J connectivity index is 2.16. The van der Waals surface area contributed by atoms with Crippen LogP contribution in [0.15, 0.2) is 39.6 Å². The first kappa shape index (κ1) is 13.6. The minimum absolute atomic E-state index is 0.152. The molecule has 0 amide bonds. The molecule has 4 N–H and O–H groups in total. The molecule has 3 aromatic rings. The Hall–Kier alpha value is -2.34. The van der Waals surface area contributed by atoms with Gasteiger partial charge in [0.25, 0.3) is 0 Å². The molecule has 0 fully saturated rings. The smallest absolute Gasteiger partial charge is 0.323 e. The summed E-state index contributed by atoms with van der Waals surface area (Å²) in [7, 11) is 0. The average molecular weight is 346 g/mol. The Kier molecular flexibility index (Phi) is 3.17. The highest BCUT2D eigenvalue weighted by atomic mass is 79.9. The first-order valence-electron chi connectivity index (χ1n) is 6.27. The number of imidazole rings is 1. The summed E-state index contributed by atoms with van der Waals surface area (Å²) >= 11 is 3.37. The molecule has 0 saturated carbocycles. The quantitative estimate of drug-likeness (QED) is 0.492. The topological polar surface area (TPSA) is 91.7 Å². The lowest BCUT2D eigenvalue weighted by atomic mass is 10.0. The monoisotopic (exact) mass is 345 g/mol. The van der Waals surface area contributed by atoms with E-state index in [2.05, 4.69) is 25.9 Å². The van der Waals surface area contributed by atoms with Gasteiger partial charge in [-0.2, -0.15) is 0 Å². The summed E-state index contributed by atoms with van der Waals surface area (Å²) in [6, 6.07) is 8.59. The SMILES string of the molecule is Cc1cc(N)cc(C(=O)c2cc3[nH]c(=O)[nH]c3cc2Br)c1. The summed E-state index contributed by atoms with van der Waals surface area (Å²) in [5, 5.41) is 0. The second-order valence-electron chi connectivity index (χ2n) is 4.92. The minimum atomic E-state index is -0.304. The van der Waals surface area contributed by atoms with Gasteiger partial charge in [-0.15, -0.1) is 0 Å². The van der Waals surface area contributed by atoms with Crippen molar-refractivity contribution in [3.8, 4) is 0 Å². The molecule has 5 nitrogen and oxygen atoms in total. The van der Waals surface area contributed by atoms with Crippen LogP contribution in [-0.4, -0.2) is 15.8 Å². The van der Waals surface area contributed by atoms with Gasteiger partial charge < -0.3 is 15.7 Å². The van der Waals surface area contributed by atoms with E-state index in [1.54, 1.807) is 30.3 Å². The molecule has 21 heavy (non-hydrogen) atoms. The number of carbonyl (C=O) groups is 1. The van der Waals surface area contributed by atoms with Gasteiger partial charge in [-0.1, -0.05) is 0 Å². The predicted molar refractivity (Wildman–Crippen MR) is 85.6 cm³/mol. The molecular weight excluding hydrogens is 334 g/mol. The predicted octanol–water partition coefficient (Wildman–Crippen LogP) is 2.74. The molecule has 0 atom stereocenters. The highest BCUT2D eigenvalue weighted by Crippen LogP contribution is 2.25. The number of aromatic nitrogens is 2. The van der Waals surface area contributed by atoms with Crippen LogP contribution in [0.4, 0.5) is 5.69 Å². The van der Waals surface area contributed by atoms with Crippen LogP contribution in [-0.2, 0) is 0 Å². The molecule has 0 bridgehead atoms. The number of H-pyrrole nitrogens is 2. The third-order valence-corrected chi connectivity index (χ3v) is 3.87. The number of nitrogen functional groups attached to an aromatic ring is 1. The lowest BCUT2D eigenvalue weighted by Gasteiger charge is -2.06. The maximum atomic E-state index is 12.6. The van der Waals surface area contributed by atoms with Crippen LogP contribution >= 0.6 is 15.9 Å². The lowest BCUT2D eigenvalue weighted by molar-refractivity contribution is 0.103. The van der Waals surface area contributed by atoms with Crippen molar-refractivity contribution in [3.63, 3.8) is 0 Å². The van der Waals surface area contributed by atoms with Crippen molar-refractivity contribution < 1.29 is 4.79 Å². The minimum Gasteiger partial charge on any atom is -0.399 e. The van der Waals surface area contributed by atoms with Gasteiger partial charge >= 0.3 is 5.69 Å². The first-order valence-corrected chi connectivity index (χ1v) is 7.07. The molecule has 0 unspecified atom stereocenters. The van der Waals surface area contributed by atoms with E-state index in [0.29, 0.717) is 32.3 Å². The number of ketones is 1. The molecule has 1 heterocycles. The summed E-state index contributed by atoms with van der Waals surface area (Å²) in [5.41, 5.74) is 9.18. The summed E-state index contributed by atoms with van der Waals surface area (Å²) in [6.07, 6.45) is 0. The average Bonchev–Trinajstić information content (AvgIpc) is 2.75. The fourth-order valence-electron chi connectivity index (χ4n) is 2.33. The first-order chi connectivity index (χ1) is 9.94. The van der Waals surface area contributed by atoms with Gasteiger partial charge in [0.1, 0.15) is 0 Å². The van der Waals surface area contributed by atoms with E-state index < -0.39 is 0 Å². The Morgan fingerprint density at radius 3 is 2.43 bits per heavy atom. The van der Waals surface area contributed by atoms with Crippen LogP contribution < -0.4 is 11.4 Å². The Morgan fingerprint density at radius 2 is 1.76 bits per heavy atom. The molecule has 0 aliphatic carbocycles. The number of anilines is 1. The normalized spacial score (nSPS) is 11.0. The number of nitrogens with one attached hydrogen (secondary N) is 2. The number of aryl methyl sites for hydroxylation is 1. The van der Waals surface area contributed by atoms with Gasteiger partial charge in [-0.25, -0.2) is 4.79 Å². The zero-order valence-electron chi connectivity index (χ0n) is 11.2. The van der Waals surface area contributed by atoms with Crippen molar-refractivity contribution in [3.05, 3.63) is 62.0 Å². The molecule has 106 valence electrons. The van der Waals surface area contributed by atoms with Gasteiger partial charge in [-0.3, -0.25) is 4.79 Å². The molecule has 6 heteroatoms. The van der Waals surface area contributed by atoms with Crippen LogP contribution in [0.3, 0.4) is 0 Å². The number of aromatic amines is 2. The molecule has 0 aliphatic heterocycles. The van der Waals surface area contributed by atoms with Crippen LogP contribution in [0, 0.1) is 6.92 Å². The number of nitrogens with two attached hydrogens (primary N) is 1. The molecule has 1 aromatic heterocycles. The third kappa shape index (κ3) is 2.50. The largest absolute Gasteiger partial charge is 0.399 e. The molecule has 2 aromatic carbocycles. The van der Waals surface area contributed by atoms with E-state index >= 15 is 0 Å². The van der Waals surface area contributed by atoms with Gasteiger partial charge in [-0.05, 0) is 58.7 Å². The van der Waals surface area contributed by atoms with Gasteiger partial charge in [0.2, 0.25) is 0 Å². The van der Waals surface area contributed by atoms with Gasteiger partial charge in [0, 0.05) is 21.3 Å². The maximum Gasteiger partial charge on any atom is 0.323 e. The van der Waals surface area contributed by atoms with E-state index in [0.717, 1.165) is 5.56 Å². The Morgan fingerprint density at radius 1 is 1.10 bits per heavy atom. The highest BCUT2D eigenvalue weighted by Gasteiger charge is 2.15. The fraction of sp³-hybridized carbons (Fsp3) is 0.0667. The lowest BCUT2D eigenvalue weighted by Crippen LogP contribution is -2.04. The molecule has 3 rings (SSSR count). The Labute approximate surface area is 128 Å². The number of benzene rings is 2. The summed E-state index contributed by atoms with van der Waals surface area (Å²) < 4.78 is 0.621. The zero-order valence-corrected chi connectivity index (χ0v) is 12.7. The number of hydrogen-bond acceptors (Lipinski definition) is 3. The summed E-state index contributed by atoms with van der Waals surface area (Å²) in [4.78, 5) is 29.2. The van der Waals surface area contributed by atoms with E-state index in [1.807, 2.05) is 6.92 Å². The molecular formula is C15H12BrN3O2. The van der Waals surface area contributed by atoms with Gasteiger partial charge in [0.05, 0.1) is 11.0 Å². The van der Waals surface area contributed by atoms with E-state index in [9.17, 15) is 9.59 Å². The van der Waals surface area contributed by atoms with E-state index in [-0.39, 0.29) is 11.5 Å². The van der Waals surface area contributed by atoms with Crippen molar-refractivity contribution in [2.75, 3.05) is 5.73 Å². The van der Waals surface area contributed by atoms with E-state index in [4.69, 9.17) is 5.73 Å². The second-order valence-corrected chi connectivity index (χ2v) is 5.77. The van der Waals surface area contributed by atoms with Crippen molar-refractivity contribution in [1.29, 1.82) is 0 Å².